The van der Waals surface area contributed by atoms with Crippen molar-refractivity contribution in [3.05, 3.63) is 65.7 Å². The van der Waals surface area contributed by atoms with Gasteiger partial charge in [0, 0.05) is 5.41 Å². The molecule has 0 saturated carbocycles. The van der Waals surface area contributed by atoms with Gasteiger partial charge in [-0.2, -0.15) is 0 Å². The highest BCUT2D eigenvalue weighted by atomic mass is 16.3. The first-order valence-electron chi connectivity index (χ1n) is 5.63. The Labute approximate surface area is 101 Å². The zero-order valence-corrected chi connectivity index (χ0v) is 9.80. The number of aliphatic hydroxyl groups is 1. The van der Waals surface area contributed by atoms with Crippen molar-refractivity contribution >= 4 is 0 Å². The molecule has 1 atom stereocenters. The van der Waals surface area contributed by atoms with E-state index in [2.05, 4.69) is 0 Å². The maximum Gasteiger partial charge on any atom is 0.115 e. The van der Waals surface area contributed by atoms with Crippen LogP contribution in [0.4, 0.5) is 0 Å². The molecule has 2 aromatic carbocycles. The fourth-order valence-corrected chi connectivity index (χ4v) is 1.98. The van der Waals surface area contributed by atoms with E-state index in [4.69, 9.17) is 0 Å². The molecular formula is C15H16O2. The van der Waals surface area contributed by atoms with Gasteiger partial charge in [-0.05, 0) is 30.2 Å². The molecule has 0 aromatic heterocycles. The third-order valence-electron chi connectivity index (χ3n) is 3.23. The third-order valence-corrected chi connectivity index (χ3v) is 3.23. The molecule has 0 amide bonds. The van der Waals surface area contributed by atoms with Crippen LogP contribution in [0.2, 0.25) is 0 Å². The van der Waals surface area contributed by atoms with Crippen LogP contribution < -0.4 is 0 Å². The van der Waals surface area contributed by atoms with E-state index in [0.717, 1.165) is 11.1 Å². The van der Waals surface area contributed by atoms with Crippen LogP contribution in [0.5, 0.6) is 5.75 Å². The normalized spacial score (nSPS) is 14.2. The molecule has 2 rings (SSSR count). The van der Waals surface area contributed by atoms with Crippen LogP contribution in [0, 0.1) is 0 Å². The van der Waals surface area contributed by atoms with Gasteiger partial charge >= 0.3 is 0 Å². The summed E-state index contributed by atoms with van der Waals surface area (Å²) < 4.78 is 0. The van der Waals surface area contributed by atoms with E-state index >= 15 is 0 Å². The smallest absolute Gasteiger partial charge is 0.115 e. The number of phenolic OH excluding ortho intramolecular Hbond substituents is 1. The summed E-state index contributed by atoms with van der Waals surface area (Å²) in [5.41, 5.74) is 1.62. The zero-order valence-electron chi connectivity index (χ0n) is 9.80. The topological polar surface area (TPSA) is 40.5 Å². The Kier molecular flexibility index (Phi) is 3.16. The predicted molar refractivity (Wildman–Crippen MR) is 68.1 cm³/mol. The third kappa shape index (κ3) is 2.17. The van der Waals surface area contributed by atoms with E-state index in [1.807, 2.05) is 49.4 Å². The molecule has 2 heteroatoms. The van der Waals surface area contributed by atoms with Gasteiger partial charge in [-0.1, -0.05) is 42.5 Å². The molecule has 0 spiro atoms. The number of aromatic hydroxyl groups is 1. The molecule has 0 aliphatic rings. The highest BCUT2D eigenvalue weighted by Gasteiger charge is 2.27. The Balaban J connectivity index is 2.48. The molecule has 0 saturated heterocycles. The SMILES string of the molecule is CC(CO)(c1ccccc1)c1ccc(O)cc1. The lowest BCUT2D eigenvalue weighted by Crippen LogP contribution is -2.27. The molecule has 0 aliphatic heterocycles. The summed E-state index contributed by atoms with van der Waals surface area (Å²) in [4.78, 5) is 0. The second-order valence-electron chi connectivity index (χ2n) is 4.40. The van der Waals surface area contributed by atoms with Crippen molar-refractivity contribution in [2.45, 2.75) is 12.3 Å². The standard InChI is InChI=1S/C15H16O2/c1-15(11-16,12-5-3-2-4-6-12)13-7-9-14(17)10-8-13/h2-10,16-17H,11H2,1H3. The Morgan fingerprint density at radius 2 is 1.41 bits per heavy atom. The van der Waals surface area contributed by atoms with Crippen LogP contribution in [-0.4, -0.2) is 16.8 Å². The molecule has 2 N–H and O–H groups in total. The van der Waals surface area contributed by atoms with Crippen molar-refractivity contribution in [2.24, 2.45) is 0 Å². The van der Waals surface area contributed by atoms with E-state index < -0.39 is 5.41 Å². The lowest BCUT2D eigenvalue weighted by molar-refractivity contribution is 0.231. The summed E-state index contributed by atoms with van der Waals surface area (Å²) in [6, 6.07) is 16.9. The minimum atomic E-state index is -0.436. The monoisotopic (exact) mass is 228 g/mol. The van der Waals surface area contributed by atoms with Gasteiger partial charge < -0.3 is 10.2 Å². The molecule has 2 nitrogen and oxygen atoms in total. The molecule has 0 fully saturated rings. The lowest BCUT2D eigenvalue weighted by atomic mass is 9.77. The first kappa shape index (κ1) is 11.7. The molecule has 2 aromatic rings. The van der Waals surface area contributed by atoms with Gasteiger partial charge in [0.1, 0.15) is 5.75 Å². The Morgan fingerprint density at radius 3 is 1.94 bits per heavy atom. The second-order valence-corrected chi connectivity index (χ2v) is 4.40. The molecule has 0 aliphatic carbocycles. The molecule has 0 heterocycles. The van der Waals surface area contributed by atoms with Crippen LogP contribution >= 0.6 is 0 Å². The summed E-state index contributed by atoms with van der Waals surface area (Å²) in [6.07, 6.45) is 0. The lowest BCUT2D eigenvalue weighted by Gasteiger charge is -2.28. The maximum absolute atomic E-state index is 9.70. The van der Waals surface area contributed by atoms with Crippen LogP contribution in [0.15, 0.2) is 54.6 Å². The van der Waals surface area contributed by atoms with Crippen molar-refractivity contribution in [1.29, 1.82) is 0 Å². The van der Waals surface area contributed by atoms with E-state index in [1.54, 1.807) is 12.1 Å². The minimum absolute atomic E-state index is 0.0296. The number of rotatable bonds is 3. The molecule has 0 bridgehead atoms. The number of aliphatic hydroxyl groups excluding tert-OH is 1. The molecule has 17 heavy (non-hydrogen) atoms. The summed E-state index contributed by atoms with van der Waals surface area (Å²) in [7, 11) is 0. The fourth-order valence-electron chi connectivity index (χ4n) is 1.98. The largest absolute Gasteiger partial charge is 0.508 e. The quantitative estimate of drug-likeness (QED) is 0.848. The highest BCUT2D eigenvalue weighted by molar-refractivity contribution is 5.40. The van der Waals surface area contributed by atoms with Crippen LogP contribution in [-0.2, 0) is 5.41 Å². The number of hydrogen-bond donors (Lipinski definition) is 2. The van der Waals surface area contributed by atoms with Gasteiger partial charge in [0.15, 0.2) is 0 Å². The molecular weight excluding hydrogens is 212 g/mol. The number of phenols is 1. The summed E-state index contributed by atoms with van der Waals surface area (Å²) >= 11 is 0. The van der Waals surface area contributed by atoms with Gasteiger partial charge in [0.05, 0.1) is 6.61 Å². The molecule has 88 valence electrons. The minimum Gasteiger partial charge on any atom is -0.508 e. The highest BCUT2D eigenvalue weighted by Crippen LogP contribution is 2.32. The van der Waals surface area contributed by atoms with Gasteiger partial charge in [-0.15, -0.1) is 0 Å². The van der Waals surface area contributed by atoms with Crippen LogP contribution in [0.25, 0.3) is 0 Å². The fraction of sp³-hybridized carbons (Fsp3) is 0.200. The van der Waals surface area contributed by atoms with E-state index in [0.29, 0.717) is 0 Å². The van der Waals surface area contributed by atoms with Crippen molar-refractivity contribution in [3.63, 3.8) is 0 Å². The van der Waals surface area contributed by atoms with Crippen molar-refractivity contribution in [3.8, 4) is 5.75 Å². The zero-order chi connectivity index (χ0) is 12.3. The first-order chi connectivity index (χ1) is 8.16. The summed E-state index contributed by atoms with van der Waals surface area (Å²) in [6.45, 7) is 2.02. The Bertz CT molecular complexity index is 476. The van der Waals surface area contributed by atoms with E-state index in [9.17, 15) is 10.2 Å². The Hall–Kier alpha value is -1.80. The molecule has 0 radical (unpaired) electrons. The first-order valence-corrected chi connectivity index (χ1v) is 5.63. The average molecular weight is 228 g/mol. The van der Waals surface area contributed by atoms with Gasteiger partial charge in [-0.3, -0.25) is 0 Å². The van der Waals surface area contributed by atoms with Crippen molar-refractivity contribution < 1.29 is 10.2 Å². The van der Waals surface area contributed by atoms with Crippen LogP contribution in [0.1, 0.15) is 18.1 Å². The van der Waals surface area contributed by atoms with Gasteiger partial charge in [0.2, 0.25) is 0 Å². The van der Waals surface area contributed by atoms with Crippen molar-refractivity contribution in [2.75, 3.05) is 6.61 Å². The second kappa shape index (κ2) is 4.60. The summed E-state index contributed by atoms with van der Waals surface area (Å²) in [5, 5.41) is 19.0. The number of hydrogen-bond acceptors (Lipinski definition) is 2. The average Bonchev–Trinajstić information content (AvgIpc) is 2.40. The van der Waals surface area contributed by atoms with E-state index in [-0.39, 0.29) is 12.4 Å². The van der Waals surface area contributed by atoms with Crippen LogP contribution in [0.3, 0.4) is 0 Å². The van der Waals surface area contributed by atoms with E-state index in [1.165, 1.54) is 0 Å². The van der Waals surface area contributed by atoms with Gasteiger partial charge in [-0.25, -0.2) is 0 Å². The Morgan fingerprint density at radius 1 is 0.882 bits per heavy atom. The molecule has 1 unspecified atom stereocenters. The predicted octanol–water partition coefficient (Wildman–Crippen LogP) is 2.69. The summed E-state index contributed by atoms with van der Waals surface area (Å²) in [5.74, 6) is 0.238. The van der Waals surface area contributed by atoms with Gasteiger partial charge in [0.25, 0.3) is 0 Å². The number of benzene rings is 2. The maximum atomic E-state index is 9.70. The van der Waals surface area contributed by atoms with Crippen molar-refractivity contribution in [1.82, 2.24) is 0 Å².